The molecule has 1 aromatic heterocycles. The lowest BCUT2D eigenvalue weighted by Crippen LogP contribution is -2.41. The van der Waals surface area contributed by atoms with Crippen LogP contribution >= 0.6 is 0 Å². The van der Waals surface area contributed by atoms with E-state index in [0.717, 1.165) is 6.92 Å². The molecule has 0 spiro atoms. The Hall–Kier alpha value is -2.43. The van der Waals surface area contributed by atoms with Gasteiger partial charge >= 0.3 is 17.8 Å². The first kappa shape index (κ1) is 16.6. The van der Waals surface area contributed by atoms with Gasteiger partial charge in [-0.1, -0.05) is 0 Å². The number of nitrogens with zero attached hydrogens (tertiary/aromatic N) is 2. The van der Waals surface area contributed by atoms with Gasteiger partial charge in [-0.15, -0.1) is 0 Å². The van der Waals surface area contributed by atoms with Crippen molar-refractivity contribution < 1.29 is 33.1 Å². The fourth-order valence-electron chi connectivity index (χ4n) is 1.23. The Bertz CT molecular complexity index is 574. The molecule has 0 aromatic carbocycles. The van der Waals surface area contributed by atoms with E-state index in [9.17, 15) is 33.2 Å². The molecule has 1 unspecified atom stereocenters. The Balaban J connectivity index is 3.13. The SMILES string of the molecule is CC(O)(CNc1cc(C(F)(F)F)ncc1[N+](=O)[O-])C(=O)O. The number of aromatic nitrogens is 1. The number of aliphatic hydroxyl groups is 1. The maximum absolute atomic E-state index is 12.5. The summed E-state index contributed by atoms with van der Waals surface area (Å²) < 4.78 is 37.5. The average Bonchev–Trinajstić information content (AvgIpc) is 2.34. The zero-order valence-corrected chi connectivity index (χ0v) is 10.5. The number of nitrogens with one attached hydrogen (secondary N) is 1. The van der Waals surface area contributed by atoms with Crippen molar-refractivity contribution in [1.29, 1.82) is 0 Å². The van der Waals surface area contributed by atoms with Crippen molar-refractivity contribution in [2.75, 3.05) is 11.9 Å². The highest BCUT2D eigenvalue weighted by molar-refractivity contribution is 5.77. The molecule has 0 aliphatic rings. The third-order valence-electron chi connectivity index (χ3n) is 2.45. The van der Waals surface area contributed by atoms with E-state index in [1.165, 1.54) is 0 Å². The highest BCUT2D eigenvalue weighted by atomic mass is 19.4. The van der Waals surface area contributed by atoms with E-state index in [1.807, 2.05) is 0 Å². The van der Waals surface area contributed by atoms with Gasteiger partial charge in [0.25, 0.3) is 0 Å². The molecule has 1 rings (SSSR count). The molecule has 1 heterocycles. The molecule has 1 aromatic rings. The van der Waals surface area contributed by atoms with Crippen LogP contribution in [0.2, 0.25) is 0 Å². The molecular weight excluding hydrogens is 299 g/mol. The second-order valence-electron chi connectivity index (χ2n) is 4.27. The average molecular weight is 309 g/mol. The minimum atomic E-state index is -4.82. The number of carboxylic acid groups (broad SMARTS) is 1. The summed E-state index contributed by atoms with van der Waals surface area (Å²) in [6, 6.07) is 0.371. The molecule has 0 saturated heterocycles. The predicted octanol–water partition coefficient (Wildman–Crippen LogP) is 1.26. The number of halogens is 3. The van der Waals surface area contributed by atoms with Crippen molar-refractivity contribution in [3.05, 3.63) is 28.1 Å². The van der Waals surface area contributed by atoms with Gasteiger partial charge in [0.1, 0.15) is 17.6 Å². The second kappa shape index (κ2) is 5.52. The van der Waals surface area contributed by atoms with Gasteiger partial charge in [-0.25, -0.2) is 9.78 Å². The van der Waals surface area contributed by atoms with E-state index in [2.05, 4.69) is 10.3 Å². The Morgan fingerprint density at radius 1 is 1.52 bits per heavy atom. The minimum absolute atomic E-state index is 0.371. The largest absolute Gasteiger partial charge is 0.479 e. The molecule has 3 N–H and O–H groups in total. The molecule has 21 heavy (non-hydrogen) atoms. The molecule has 0 amide bonds. The molecule has 0 saturated carbocycles. The van der Waals surface area contributed by atoms with Crippen LogP contribution in [0.15, 0.2) is 12.3 Å². The number of alkyl halides is 3. The normalized spacial score (nSPS) is 14.3. The van der Waals surface area contributed by atoms with Crippen molar-refractivity contribution in [1.82, 2.24) is 4.98 Å². The van der Waals surface area contributed by atoms with Gasteiger partial charge in [-0.2, -0.15) is 13.2 Å². The lowest BCUT2D eigenvalue weighted by molar-refractivity contribution is -0.384. The summed E-state index contributed by atoms with van der Waals surface area (Å²) in [4.78, 5) is 23.3. The first-order valence-corrected chi connectivity index (χ1v) is 5.36. The van der Waals surface area contributed by atoms with Crippen LogP contribution in [0, 0.1) is 10.1 Å². The topological polar surface area (TPSA) is 126 Å². The number of pyridine rings is 1. The van der Waals surface area contributed by atoms with E-state index in [4.69, 9.17) is 5.11 Å². The molecule has 8 nitrogen and oxygen atoms in total. The predicted molar refractivity (Wildman–Crippen MR) is 62.6 cm³/mol. The summed E-state index contributed by atoms with van der Waals surface area (Å²) in [7, 11) is 0. The third kappa shape index (κ3) is 4.02. The zero-order valence-electron chi connectivity index (χ0n) is 10.5. The van der Waals surface area contributed by atoms with Crippen LogP contribution < -0.4 is 5.32 Å². The summed E-state index contributed by atoms with van der Waals surface area (Å²) >= 11 is 0. The molecule has 1 atom stereocenters. The number of carboxylic acids is 1. The summed E-state index contributed by atoms with van der Waals surface area (Å²) in [6.07, 6.45) is -4.42. The first-order chi connectivity index (χ1) is 9.45. The Morgan fingerprint density at radius 2 is 2.10 bits per heavy atom. The maximum atomic E-state index is 12.5. The van der Waals surface area contributed by atoms with Crippen LogP contribution in [0.1, 0.15) is 12.6 Å². The van der Waals surface area contributed by atoms with Gasteiger partial charge in [0.2, 0.25) is 0 Å². The van der Waals surface area contributed by atoms with Crippen molar-refractivity contribution >= 4 is 17.3 Å². The number of rotatable bonds is 5. The van der Waals surface area contributed by atoms with Crippen molar-refractivity contribution in [3.8, 4) is 0 Å². The highest BCUT2D eigenvalue weighted by Crippen LogP contribution is 2.33. The van der Waals surface area contributed by atoms with Crippen LogP contribution in [0.5, 0.6) is 0 Å². The molecule has 0 fully saturated rings. The van der Waals surface area contributed by atoms with Crippen LogP contribution in [-0.2, 0) is 11.0 Å². The van der Waals surface area contributed by atoms with Gasteiger partial charge in [-0.3, -0.25) is 10.1 Å². The van der Waals surface area contributed by atoms with Crippen LogP contribution in [0.3, 0.4) is 0 Å². The minimum Gasteiger partial charge on any atom is -0.479 e. The Kier molecular flexibility index (Phi) is 4.37. The van der Waals surface area contributed by atoms with Gasteiger partial charge < -0.3 is 15.5 Å². The fraction of sp³-hybridized carbons (Fsp3) is 0.400. The summed E-state index contributed by atoms with van der Waals surface area (Å²) in [6.45, 7) is 0.157. The molecule has 11 heteroatoms. The summed E-state index contributed by atoms with van der Waals surface area (Å²) in [5.74, 6) is -1.64. The fourth-order valence-corrected chi connectivity index (χ4v) is 1.23. The standard InChI is InChI=1S/C10H10F3N3O5/c1-9(19,8(17)18)4-15-5-2-7(10(11,12)13)14-3-6(5)16(20)21/h2-3,19H,4H2,1H3,(H,14,15)(H,17,18). The van der Waals surface area contributed by atoms with E-state index < -0.39 is 46.3 Å². The second-order valence-corrected chi connectivity index (χ2v) is 4.27. The van der Waals surface area contributed by atoms with E-state index in [-0.39, 0.29) is 0 Å². The Labute approximate surface area is 115 Å². The number of anilines is 1. The summed E-state index contributed by atoms with van der Waals surface area (Å²) in [5, 5.41) is 30.9. The van der Waals surface area contributed by atoms with Crippen molar-refractivity contribution in [2.24, 2.45) is 0 Å². The van der Waals surface area contributed by atoms with E-state index in [1.54, 1.807) is 0 Å². The third-order valence-corrected chi connectivity index (χ3v) is 2.45. The number of carbonyl (C=O) groups is 1. The smallest absolute Gasteiger partial charge is 0.433 e. The molecule has 0 radical (unpaired) electrons. The molecule has 116 valence electrons. The maximum Gasteiger partial charge on any atom is 0.433 e. The number of hydrogen-bond donors (Lipinski definition) is 3. The molecule has 0 aliphatic carbocycles. The van der Waals surface area contributed by atoms with Crippen LogP contribution in [0.4, 0.5) is 24.5 Å². The molecule has 0 bridgehead atoms. The van der Waals surface area contributed by atoms with Gasteiger partial charge in [0, 0.05) is 0 Å². The number of nitro groups is 1. The summed E-state index contributed by atoms with van der Waals surface area (Å²) in [5.41, 5.74) is -5.06. The quantitative estimate of drug-likeness (QED) is 0.552. The van der Waals surface area contributed by atoms with Crippen LogP contribution in [-0.4, -0.2) is 38.2 Å². The van der Waals surface area contributed by atoms with E-state index in [0.29, 0.717) is 12.3 Å². The molecular formula is C10H10F3N3O5. The van der Waals surface area contributed by atoms with Gasteiger partial charge in [-0.05, 0) is 13.0 Å². The highest BCUT2D eigenvalue weighted by Gasteiger charge is 2.35. The number of hydrogen-bond acceptors (Lipinski definition) is 6. The monoisotopic (exact) mass is 309 g/mol. The lowest BCUT2D eigenvalue weighted by atomic mass is 10.1. The van der Waals surface area contributed by atoms with Crippen molar-refractivity contribution in [3.63, 3.8) is 0 Å². The van der Waals surface area contributed by atoms with Crippen LogP contribution in [0.25, 0.3) is 0 Å². The lowest BCUT2D eigenvalue weighted by Gasteiger charge is -2.19. The number of aliphatic carboxylic acids is 1. The van der Waals surface area contributed by atoms with Gasteiger partial charge in [0.15, 0.2) is 5.60 Å². The van der Waals surface area contributed by atoms with E-state index >= 15 is 0 Å². The molecule has 0 aliphatic heterocycles. The Morgan fingerprint density at radius 3 is 2.52 bits per heavy atom. The van der Waals surface area contributed by atoms with Crippen molar-refractivity contribution in [2.45, 2.75) is 18.7 Å². The zero-order chi connectivity index (χ0) is 16.4. The first-order valence-electron chi connectivity index (χ1n) is 5.36. The van der Waals surface area contributed by atoms with Gasteiger partial charge in [0.05, 0.1) is 11.5 Å².